The predicted octanol–water partition coefficient (Wildman–Crippen LogP) is 0.879. The molecule has 0 aromatic carbocycles. The van der Waals surface area contributed by atoms with Gasteiger partial charge in [-0.05, 0) is 51.3 Å². The number of pyridine rings is 1. The van der Waals surface area contributed by atoms with Crippen LogP contribution in [0.25, 0.3) is 0 Å². The molecule has 1 aromatic heterocycles. The molecular formula is C12H19N5S. The van der Waals surface area contributed by atoms with E-state index >= 15 is 0 Å². The molecule has 5 nitrogen and oxygen atoms in total. The van der Waals surface area contributed by atoms with E-state index in [0.717, 1.165) is 30.9 Å². The van der Waals surface area contributed by atoms with Crippen molar-refractivity contribution in [1.82, 2.24) is 21.0 Å². The summed E-state index contributed by atoms with van der Waals surface area (Å²) in [5.74, 6) is 0. The van der Waals surface area contributed by atoms with Crippen LogP contribution in [0.15, 0.2) is 29.5 Å². The molecule has 0 amide bonds. The Morgan fingerprint density at radius 2 is 2.22 bits per heavy atom. The van der Waals surface area contributed by atoms with Gasteiger partial charge in [-0.15, -0.1) is 0 Å². The fourth-order valence-electron chi connectivity index (χ4n) is 1.28. The van der Waals surface area contributed by atoms with Gasteiger partial charge in [-0.25, -0.2) is 0 Å². The Morgan fingerprint density at radius 3 is 2.89 bits per heavy atom. The normalized spacial score (nSPS) is 11.1. The van der Waals surface area contributed by atoms with Gasteiger partial charge in [0.2, 0.25) is 0 Å². The van der Waals surface area contributed by atoms with Crippen LogP contribution in [0, 0.1) is 0 Å². The topological polar surface area (TPSA) is 61.3 Å². The number of rotatable bonds is 6. The van der Waals surface area contributed by atoms with Crippen LogP contribution in [0.3, 0.4) is 0 Å². The zero-order valence-corrected chi connectivity index (χ0v) is 11.5. The molecule has 0 atom stereocenters. The summed E-state index contributed by atoms with van der Waals surface area (Å²) in [5.41, 5.74) is 4.44. The Labute approximate surface area is 113 Å². The number of thiocarbonyl (C=S) groups is 1. The average Bonchev–Trinajstić information content (AvgIpc) is 2.42. The first-order valence-electron chi connectivity index (χ1n) is 5.88. The van der Waals surface area contributed by atoms with Crippen molar-refractivity contribution in [2.45, 2.75) is 13.3 Å². The van der Waals surface area contributed by atoms with Gasteiger partial charge in [0.15, 0.2) is 5.11 Å². The van der Waals surface area contributed by atoms with Crippen LogP contribution >= 0.6 is 12.2 Å². The predicted molar refractivity (Wildman–Crippen MR) is 78.7 cm³/mol. The fraction of sp³-hybridized carbons (Fsp3) is 0.417. The van der Waals surface area contributed by atoms with Crippen molar-refractivity contribution in [2.24, 2.45) is 5.10 Å². The molecule has 1 heterocycles. The monoisotopic (exact) mass is 265 g/mol. The average molecular weight is 265 g/mol. The first-order chi connectivity index (χ1) is 8.74. The maximum absolute atomic E-state index is 5.10. The van der Waals surface area contributed by atoms with Crippen LogP contribution in [-0.2, 0) is 0 Å². The van der Waals surface area contributed by atoms with E-state index in [4.69, 9.17) is 12.2 Å². The van der Waals surface area contributed by atoms with Crippen molar-refractivity contribution in [3.05, 3.63) is 30.1 Å². The number of nitrogens with zero attached hydrogens (tertiary/aromatic N) is 2. The van der Waals surface area contributed by atoms with Gasteiger partial charge in [0.05, 0.1) is 11.4 Å². The van der Waals surface area contributed by atoms with E-state index in [1.807, 2.05) is 32.2 Å². The van der Waals surface area contributed by atoms with Gasteiger partial charge in [-0.2, -0.15) is 5.10 Å². The van der Waals surface area contributed by atoms with Gasteiger partial charge in [-0.3, -0.25) is 10.4 Å². The second-order valence-electron chi connectivity index (χ2n) is 3.74. The number of hydrazone groups is 1. The summed E-state index contributed by atoms with van der Waals surface area (Å²) in [6.45, 7) is 3.68. The maximum atomic E-state index is 5.10. The Balaban J connectivity index is 2.32. The second-order valence-corrected chi connectivity index (χ2v) is 4.15. The molecule has 0 bridgehead atoms. The van der Waals surface area contributed by atoms with Crippen LogP contribution < -0.4 is 16.1 Å². The van der Waals surface area contributed by atoms with E-state index in [0.29, 0.717) is 5.11 Å². The summed E-state index contributed by atoms with van der Waals surface area (Å²) in [4.78, 5) is 4.20. The molecule has 1 rings (SSSR count). The number of aromatic nitrogens is 1. The molecule has 98 valence electrons. The largest absolute Gasteiger partial charge is 0.361 e. The molecule has 0 aliphatic rings. The quantitative estimate of drug-likeness (QED) is 0.308. The third-order valence-electron chi connectivity index (χ3n) is 2.25. The lowest BCUT2D eigenvalue weighted by Gasteiger charge is -2.07. The molecule has 0 aliphatic carbocycles. The zero-order valence-electron chi connectivity index (χ0n) is 10.7. The molecule has 0 saturated heterocycles. The number of hydrogen-bond acceptors (Lipinski definition) is 4. The summed E-state index contributed by atoms with van der Waals surface area (Å²) in [6.07, 6.45) is 2.75. The van der Waals surface area contributed by atoms with E-state index < -0.39 is 0 Å². The van der Waals surface area contributed by atoms with Crippen LogP contribution in [0.5, 0.6) is 0 Å². The minimum Gasteiger partial charge on any atom is -0.361 e. The summed E-state index contributed by atoms with van der Waals surface area (Å²) < 4.78 is 0. The zero-order chi connectivity index (χ0) is 13.2. The third-order valence-corrected chi connectivity index (χ3v) is 2.49. The molecule has 1 aromatic rings. The number of nitrogens with one attached hydrogen (secondary N) is 3. The molecule has 0 radical (unpaired) electrons. The Kier molecular flexibility index (Phi) is 6.90. The van der Waals surface area contributed by atoms with Gasteiger partial charge in [0.1, 0.15) is 0 Å². The molecule has 18 heavy (non-hydrogen) atoms. The van der Waals surface area contributed by atoms with Gasteiger partial charge >= 0.3 is 0 Å². The molecular weight excluding hydrogens is 246 g/mol. The summed E-state index contributed by atoms with van der Waals surface area (Å²) in [5, 5.41) is 10.9. The van der Waals surface area contributed by atoms with Crippen LogP contribution in [0.2, 0.25) is 0 Å². The highest BCUT2D eigenvalue weighted by Gasteiger charge is 1.98. The van der Waals surface area contributed by atoms with Crippen LogP contribution in [0.1, 0.15) is 19.0 Å². The van der Waals surface area contributed by atoms with Gasteiger partial charge in [-0.1, -0.05) is 6.07 Å². The van der Waals surface area contributed by atoms with Gasteiger partial charge in [0.25, 0.3) is 0 Å². The third kappa shape index (κ3) is 5.70. The van der Waals surface area contributed by atoms with Crippen LogP contribution in [0.4, 0.5) is 0 Å². The van der Waals surface area contributed by atoms with E-state index in [2.05, 4.69) is 26.1 Å². The van der Waals surface area contributed by atoms with Crippen molar-refractivity contribution in [3.63, 3.8) is 0 Å². The Bertz CT molecular complexity index is 391. The van der Waals surface area contributed by atoms with E-state index in [9.17, 15) is 0 Å². The first kappa shape index (κ1) is 14.5. The molecule has 3 N–H and O–H groups in total. The van der Waals surface area contributed by atoms with Crippen molar-refractivity contribution >= 4 is 23.0 Å². The second kappa shape index (κ2) is 8.54. The smallest absolute Gasteiger partial charge is 0.186 e. The molecule has 0 unspecified atom stereocenters. The summed E-state index contributed by atoms with van der Waals surface area (Å²) in [7, 11) is 1.93. The molecule has 6 heteroatoms. The van der Waals surface area contributed by atoms with Crippen LogP contribution in [-0.4, -0.2) is 35.9 Å². The van der Waals surface area contributed by atoms with Crippen molar-refractivity contribution in [2.75, 3.05) is 20.1 Å². The fourth-order valence-corrected chi connectivity index (χ4v) is 1.42. The lowest BCUT2D eigenvalue weighted by Crippen LogP contribution is -2.34. The maximum Gasteiger partial charge on any atom is 0.186 e. The lowest BCUT2D eigenvalue weighted by molar-refractivity contribution is 0.699. The molecule has 0 saturated carbocycles. The minimum atomic E-state index is 0.529. The summed E-state index contributed by atoms with van der Waals surface area (Å²) in [6, 6.07) is 5.71. The highest BCUT2D eigenvalue weighted by molar-refractivity contribution is 7.80. The molecule has 0 fully saturated rings. The highest BCUT2D eigenvalue weighted by atomic mass is 32.1. The Hall–Kier alpha value is -1.53. The molecule has 0 aliphatic heterocycles. The SMILES string of the molecule is CNCCCNC(=S)N/N=C(\C)c1ccccn1. The highest BCUT2D eigenvalue weighted by Crippen LogP contribution is 1.94. The van der Waals surface area contributed by atoms with E-state index in [1.165, 1.54) is 0 Å². The minimum absolute atomic E-state index is 0.529. The van der Waals surface area contributed by atoms with E-state index in [-0.39, 0.29) is 0 Å². The first-order valence-corrected chi connectivity index (χ1v) is 6.29. The Morgan fingerprint density at radius 1 is 1.39 bits per heavy atom. The summed E-state index contributed by atoms with van der Waals surface area (Å²) >= 11 is 5.10. The van der Waals surface area contributed by atoms with Crippen molar-refractivity contribution < 1.29 is 0 Å². The standard InChI is InChI=1S/C12H19N5S/c1-10(11-6-3-4-8-14-11)16-17-12(18)15-9-5-7-13-2/h3-4,6,8,13H,5,7,9H2,1-2H3,(H2,15,17,18)/b16-10+. The van der Waals surface area contributed by atoms with Crippen molar-refractivity contribution in [1.29, 1.82) is 0 Å². The number of hydrogen-bond donors (Lipinski definition) is 3. The van der Waals surface area contributed by atoms with Crippen molar-refractivity contribution in [3.8, 4) is 0 Å². The lowest BCUT2D eigenvalue weighted by atomic mass is 10.3. The van der Waals surface area contributed by atoms with Gasteiger partial charge in [0, 0.05) is 12.7 Å². The van der Waals surface area contributed by atoms with Gasteiger partial charge < -0.3 is 10.6 Å². The van der Waals surface area contributed by atoms with E-state index in [1.54, 1.807) is 6.20 Å². The molecule has 0 spiro atoms.